The highest BCUT2D eigenvalue weighted by atomic mass is 31.2. The fourth-order valence-electron chi connectivity index (χ4n) is 10.4. The topological polar surface area (TPSA) is 237 Å². The Balaban J connectivity index is 5.49. The summed E-state index contributed by atoms with van der Waals surface area (Å²) < 4.78 is 68.5. The van der Waals surface area contributed by atoms with Crippen molar-refractivity contribution in [2.45, 2.75) is 341 Å². The Bertz CT molecular complexity index is 2490. The van der Waals surface area contributed by atoms with Crippen LogP contribution in [0.5, 0.6) is 0 Å². The molecular weight excluding hydrogens is 1350 g/mol. The van der Waals surface area contributed by atoms with E-state index in [1.54, 1.807) is 0 Å². The number of aliphatic hydroxyl groups excluding tert-OH is 1. The maximum atomic E-state index is 13.1. The first-order chi connectivity index (χ1) is 50.7. The number of esters is 4. The summed E-state index contributed by atoms with van der Waals surface area (Å²) in [6.07, 6.45) is 85.8. The number of hydrogen-bond acceptors (Lipinski definition) is 15. The van der Waals surface area contributed by atoms with Gasteiger partial charge in [-0.2, -0.15) is 0 Å². The van der Waals surface area contributed by atoms with Crippen LogP contribution in [-0.4, -0.2) is 96.7 Å². The molecule has 0 aliphatic carbocycles. The largest absolute Gasteiger partial charge is 0.472 e. The first-order valence-electron chi connectivity index (χ1n) is 40.4. The van der Waals surface area contributed by atoms with Crippen molar-refractivity contribution in [1.82, 2.24) is 0 Å². The molecule has 17 nitrogen and oxygen atoms in total. The average Bonchev–Trinajstić information content (AvgIpc) is 0.909. The van der Waals surface area contributed by atoms with E-state index in [1.807, 2.05) is 24.3 Å². The summed E-state index contributed by atoms with van der Waals surface area (Å²) in [5.74, 6) is -2.33. The highest BCUT2D eigenvalue weighted by Gasteiger charge is 2.30. The van der Waals surface area contributed by atoms with Gasteiger partial charge in [0, 0.05) is 25.7 Å². The first kappa shape index (κ1) is 99.2. The Morgan fingerprint density at radius 2 is 0.510 bits per heavy atom. The molecule has 0 heterocycles. The van der Waals surface area contributed by atoms with Crippen LogP contribution in [0.2, 0.25) is 0 Å². The van der Waals surface area contributed by atoms with Crippen LogP contribution >= 0.6 is 15.6 Å². The molecule has 0 aliphatic rings. The number of ether oxygens (including phenoxy) is 4. The molecular formula is C85H144O17P2. The summed E-state index contributed by atoms with van der Waals surface area (Å²) in [5.41, 5.74) is 0. The second-order valence-corrected chi connectivity index (χ2v) is 29.6. The molecule has 19 heteroatoms. The second kappa shape index (κ2) is 76.4. The van der Waals surface area contributed by atoms with Crippen molar-refractivity contribution in [2.75, 3.05) is 39.6 Å². The minimum absolute atomic E-state index is 0.0136. The summed E-state index contributed by atoms with van der Waals surface area (Å²) in [4.78, 5) is 73.0. The lowest BCUT2D eigenvalue weighted by Gasteiger charge is -2.21. The molecule has 0 aliphatic heterocycles. The van der Waals surface area contributed by atoms with E-state index < -0.39 is 97.5 Å². The molecule has 0 aromatic heterocycles. The third-order valence-corrected chi connectivity index (χ3v) is 18.5. The van der Waals surface area contributed by atoms with Gasteiger partial charge in [0.1, 0.15) is 19.3 Å². The van der Waals surface area contributed by atoms with E-state index in [2.05, 4.69) is 137 Å². The van der Waals surface area contributed by atoms with Gasteiger partial charge in [-0.15, -0.1) is 0 Å². The number of unbranched alkanes of at least 4 members (excludes halogenated alkanes) is 28. The molecule has 0 saturated carbocycles. The molecule has 0 aromatic carbocycles. The van der Waals surface area contributed by atoms with Crippen molar-refractivity contribution in [1.29, 1.82) is 0 Å². The normalized spacial score (nSPS) is 14.6. The number of phosphoric ester groups is 2. The van der Waals surface area contributed by atoms with Crippen LogP contribution in [0, 0.1) is 0 Å². The van der Waals surface area contributed by atoms with E-state index >= 15 is 0 Å². The standard InChI is InChI=1S/C85H144O17P2/c1-5-9-13-17-21-25-29-33-37-39-43-46-50-54-58-62-66-70-83(88)96-76-80(101-84(89)71-67-63-59-55-51-47-42-36-32-28-24-20-16-12-8-4)77-99-103(91,92)97-73-79(86)74-98-104(93,94)100-78-81(75-95-82(87)69-65-61-57-53-49-45-41-35-31-27-23-19-15-11-7-3)102-85(90)72-68-64-60-56-52-48-44-40-38-34-30-26-22-18-14-10-6-2/h21-22,25-26,28,32-38,41-44,46,48,54,56,58,60,79-81,86H,5-20,23-24,27,29-31,39-40,45,47,49-53,55,57,59,61-78H2,1-4H3,(H,91,92)(H,93,94)/b25-21-,26-22-,32-28-,37-33-,38-34-,41-35-,42-36-,46-43-,48-44-,58-54-,60-56-/t79-,80-,81-/m1/s1. The van der Waals surface area contributed by atoms with Crippen molar-refractivity contribution in [3.05, 3.63) is 134 Å². The van der Waals surface area contributed by atoms with Crippen molar-refractivity contribution in [3.63, 3.8) is 0 Å². The van der Waals surface area contributed by atoms with E-state index in [9.17, 15) is 43.2 Å². The van der Waals surface area contributed by atoms with Gasteiger partial charge in [0.05, 0.1) is 26.4 Å². The minimum atomic E-state index is -5.00. The van der Waals surface area contributed by atoms with Gasteiger partial charge in [-0.3, -0.25) is 37.3 Å². The molecule has 0 bridgehead atoms. The van der Waals surface area contributed by atoms with Crippen molar-refractivity contribution >= 4 is 39.5 Å². The molecule has 0 amide bonds. The van der Waals surface area contributed by atoms with Gasteiger partial charge < -0.3 is 33.8 Å². The van der Waals surface area contributed by atoms with E-state index in [0.717, 1.165) is 128 Å². The van der Waals surface area contributed by atoms with Gasteiger partial charge in [-0.25, -0.2) is 9.13 Å². The van der Waals surface area contributed by atoms with Crippen molar-refractivity contribution in [2.24, 2.45) is 0 Å². The number of aliphatic hydroxyl groups is 1. The number of allylic oxidation sites excluding steroid dienone is 22. The smallest absolute Gasteiger partial charge is 0.462 e. The van der Waals surface area contributed by atoms with Gasteiger partial charge >= 0.3 is 39.5 Å². The van der Waals surface area contributed by atoms with Gasteiger partial charge in [0.2, 0.25) is 0 Å². The van der Waals surface area contributed by atoms with Crippen LogP contribution in [0.1, 0.15) is 323 Å². The average molecular weight is 1500 g/mol. The Morgan fingerprint density at radius 3 is 0.865 bits per heavy atom. The highest BCUT2D eigenvalue weighted by Crippen LogP contribution is 2.45. The molecule has 2 unspecified atom stereocenters. The predicted molar refractivity (Wildman–Crippen MR) is 427 cm³/mol. The number of carbonyl (C=O) groups is 4. The van der Waals surface area contributed by atoms with E-state index in [1.165, 1.54) is 103 Å². The van der Waals surface area contributed by atoms with Crippen LogP contribution < -0.4 is 0 Å². The Kier molecular flexibility index (Phi) is 72.9. The Morgan fingerprint density at radius 1 is 0.279 bits per heavy atom. The molecule has 596 valence electrons. The summed E-state index contributed by atoms with van der Waals surface area (Å²) in [6.45, 7) is 4.65. The molecule has 0 aromatic rings. The molecule has 0 radical (unpaired) electrons. The summed E-state index contributed by atoms with van der Waals surface area (Å²) >= 11 is 0. The Hall–Kier alpha value is -4.80. The number of carbonyl (C=O) groups excluding carboxylic acids is 4. The van der Waals surface area contributed by atoms with Gasteiger partial charge in [-0.1, -0.05) is 277 Å². The first-order valence-corrected chi connectivity index (χ1v) is 43.4. The summed E-state index contributed by atoms with van der Waals surface area (Å²) in [5, 5.41) is 10.6. The van der Waals surface area contributed by atoms with Crippen molar-refractivity contribution < 1.29 is 80.2 Å². The molecule has 3 N–H and O–H groups in total. The zero-order valence-electron chi connectivity index (χ0n) is 65.2. The lowest BCUT2D eigenvalue weighted by molar-refractivity contribution is -0.161. The minimum Gasteiger partial charge on any atom is -0.462 e. The number of hydrogen-bond donors (Lipinski definition) is 3. The second-order valence-electron chi connectivity index (χ2n) is 26.7. The van der Waals surface area contributed by atoms with E-state index in [0.29, 0.717) is 38.5 Å². The lowest BCUT2D eigenvalue weighted by atomic mass is 10.1. The SMILES string of the molecule is CCCCC/C=C\C/C=C\C/C=C\C/C=C\CCCC(=O)OC[C@H](COP(=O)(O)OC[C@@H](O)COP(=O)(O)OC[C@@H](COC(=O)CCCCCCC/C=C\CCCCCCCC)OC(=O)CCC/C=C\C/C=C\C/C=C\C/C=C\CCCCC)OC(=O)CCCCCCC/C=C\C=C/CCCCCC. The maximum Gasteiger partial charge on any atom is 0.472 e. The molecule has 0 rings (SSSR count). The monoisotopic (exact) mass is 1500 g/mol. The number of phosphoric acid groups is 2. The fraction of sp³-hybridized carbons (Fsp3) is 0.694. The quantitative estimate of drug-likeness (QED) is 0.0128. The zero-order valence-corrected chi connectivity index (χ0v) is 66.9. The Labute approximate surface area is 631 Å². The van der Waals surface area contributed by atoms with Crippen LogP contribution in [-0.2, 0) is 65.4 Å². The molecule has 0 spiro atoms. The third-order valence-electron chi connectivity index (χ3n) is 16.6. The molecule has 0 saturated heterocycles. The predicted octanol–water partition coefficient (Wildman–Crippen LogP) is 23.7. The fourth-order valence-corrected chi connectivity index (χ4v) is 11.9. The van der Waals surface area contributed by atoms with Gasteiger partial charge in [0.25, 0.3) is 0 Å². The van der Waals surface area contributed by atoms with Crippen LogP contribution in [0.3, 0.4) is 0 Å². The molecule has 0 fully saturated rings. The molecule has 104 heavy (non-hydrogen) atoms. The van der Waals surface area contributed by atoms with Crippen LogP contribution in [0.25, 0.3) is 0 Å². The lowest BCUT2D eigenvalue weighted by Crippen LogP contribution is -2.30. The highest BCUT2D eigenvalue weighted by molar-refractivity contribution is 7.47. The van der Waals surface area contributed by atoms with E-state index in [4.69, 9.17) is 37.0 Å². The van der Waals surface area contributed by atoms with Gasteiger partial charge in [-0.05, 0) is 154 Å². The third kappa shape index (κ3) is 75.4. The van der Waals surface area contributed by atoms with E-state index in [-0.39, 0.29) is 25.7 Å². The zero-order chi connectivity index (χ0) is 76.0. The number of rotatable bonds is 75. The van der Waals surface area contributed by atoms with Crippen LogP contribution in [0.4, 0.5) is 0 Å². The summed E-state index contributed by atoms with van der Waals surface area (Å²) in [7, 11) is -10.0. The van der Waals surface area contributed by atoms with Crippen molar-refractivity contribution in [3.8, 4) is 0 Å². The van der Waals surface area contributed by atoms with Gasteiger partial charge in [0.15, 0.2) is 12.2 Å². The summed E-state index contributed by atoms with van der Waals surface area (Å²) in [6, 6.07) is 0. The molecule has 5 atom stereocenters. The maximum absolute atomic E-state index is 13.1. The van der Waals surface area contributed by atoms with Crippen LogP contribution in [0.15, 0.2) is 134 Å².